The number of alkyl halides is 1. The van der Waals surface area contributed by atoms with Crippen LogP contribution >= 0.6 is 11.6 Å². The Kier molecular flexibility index (Phi) is 2.83. The van der Waals surface area contributed by atoms with Crippen LogP contribution in [0.15, 0.2) is 18.2 Å². The SMILES string of the molecule is Cc1ccc(C(Cl)C2CCC2)cc1C. The maximum absolute atomic E-state index is 6.43. The molecule has 0 aliphatic heterocycles. The zero-order chi connectivity index (χ0) is 10.1. The van der Waals surface area contributed by atoms with E-state index in [1.807, 2.05) is 0 Å². The molecule has 76 valence electrons. The standard InChI is InChI=1S/C13H17Cl/c1-9-6-7-12(8-10(9)2)13(14)11-4-3-5-11/h6-8,11,13H,3-5H2,1-2H3. The van der Waals surface area contributed by atoms with E-state index in [1.165, 1.54) is 36.0 Å². The van der Waals surface area contributed by atoms with E-state index >= 15 is 0 Å². The van der Waals surface area contributed by atoms with Crippen LogP contribution in [-0.4, -0.2) is 0 Å². The molecule has 0 N–H and O–H groups in total. The summed E-state index contributed by atoms with van der Waals surface area (Å²) in [5.74, 6) is 0.721. The van der Waals surface area contributed by atoms with Gasteiger partial charge in [0.25, 0.3) is 0 Å². The molecule has 0 nitrogen and oxygen atoms in total. The van der Waals surface area contributed by atoms with Crippen LogP contribution in [0, 0.1) is 19.8 Å². The summed E-state index contributed by atoms with van der Waals surface area (Å²) in [7, 11) is 0. The summed E-state index contributed by atoms with van der Waals surface area (Å²) >= 11 is 6.43. The Balaban J connectivity index is 2.18. The lowest BCUT2D eigenvalue weighted by Gasteiger charge is -2.30. The van der Waals surface area contributed by atoms with Crippen LogP contribution in [0.25, 0.3) is 0 Å². The Morgan fingerprint density at radius 3 is 2.43 bits per heavy atom. The van der Waals surface area contributed by atoms with E-state index in [9.17, 15) is 0 Å². The van der Waals surface area contributed by atoms with E-state index < -0.39 is 0 Å². The van der Waals surface area contributed by atoms with Crippen molar-refractivity contribution in [2.24, 2.45) is 5.92 Å². The zero-order valence-electron chi connectivity index (χ0n) is 8.89. The van der Waals surface area contributed by atoms with Gasteiger partial charge in [0.2, 0.25) is 0 Å². The minimum Gasteiger partial charge on any atom is -0.118 e. The molecule has 0 bridgehead atoms. The van der Waals surface area contributed by atoms with Crippen molar-refractivity contribution in [1.82, 2.24) is 0 Å². The first kappa shape index (κ1) is 10.0. The highest BCUT2D eigenvalue weighted by Crippen LogP contribution is 2.41. The molecule has 1 aromatic rings. The molecule has 0 aromatic heterocycles. The summed E-state index contributed by atoms with van der Waals surface area (Å²) < 4.78 is 0. The van der Waals surface area contributed by atoms with Gasteiger partial charge in [0.15, 0.2) is 0 Å². The molecular weight excluding hydrogens is 192 g/mol. The summed E-state index contributed by atoms with van der Waals surface area (Å²) in [6.07, 6.45) is 3.97. The van der Waals surface area contributed by atoms with Crippen LogP contribution in [0.4, 0.5) is 0 Å². The van der Waals surface area contributed by atoms with Crippen molar-refractivity contribution in [3.05, 3.63) is 34.9 Å². The molecule has 1 unspecified atom stereocenters. The van der Waals surface area contributed by atoms with E-state index in [1.54, 1.807) is 0 Å². The fourth-order valence-corrected chi connectivity index (χ4v) is 2.33. The van der Waals surface area contributed by atoms with Crippen LogP contribution in [0.1, 0.15) is 41.3 Å². The molecule has 0 heterocycles. The first-order chi connectivity index (χ1) is 6.68. The number of hydrogen-bond acceptors (Lipinski definition) is 0. The molecule has 1 fully saturated rings. The van der Waals surface area contributed by atoms with Crippen molar-refractivity contribution in [1.29, 1.82) is 0 Å². The van der Waals surface area contributed by atoms with Crippen molar-refractivity contribution in [2.45, 2.75) is 38.5 Å². The lowest BCUT2D eigenvalue weighted by atomic mass is 9.80. The second kappa shape index (κ2) is 3.94. The second-order valence-electron chi connectivity index (χ2n) is 4.44. The third-order valence-electron chi connectivity index (χ3n) is 3.41. The summed E-state index contributed by atoms with van der Waals surface area (Å²) in [4.78, 5) is 0. The Morgan fingerprint density at radius 2 is 1.93 bits per heavy atom. The predicted molar refractivity (Wildman–Crippen MR) is 61.9 cm³/mol. The Labute approximate surface area is 91.3 Å². The molecule has 0 saturated heterocycles. The predicted octanol–water partition coefficient (Wildman–Crippen LogP) is 4.38. The molecule has 0 amide bonds. The Bertz CT molecular complexity index is 326. The van der Waals surface area contributed by atoms with Gasteiger partial charge in [-0.1, -0.05) is 24.6 Å². The Hall–Kier alpha value is -0.490. The molecule has 0 spiro atoms. The van der Waals surface area contributed by atoms with Gasteiger partial charge in [0, 0.05) is 0 Å². The summed E-state index contributed by atoms with van der Waals surface area (Å²) in [6.45, 7) is 4.30. The highest BCUT2D eigenvalue weighted by molar-refractivity contribution is 6.21. The summed E-state index contributed by atoms with van der Waals surface area (Å²) in [5, 5.41) is 0.239. The van der Waals surface area contributed by atoms with Gasteiger partial charge in [0.05, 0.1) is 5.38 Å². The van der Waals surface area contributed by atoms with Gasteiger partial charge >= 0.3 is 0 Å². The first-order valence-corrected chi connectivity index (χ1v) is 5.83. The minimum absolute atomic E-state index is 0.239. The van der Waals surface area contributed by atoms with Crippen molar-refractivity contribution in [2.75, 3.05) is 0 Å². The van der Waals surface area contributed by atoms with Gasteiger partial charge in [-0.05, 0) is 49.3 Å². The third kappa shape index (κ3) is 1.81. The van der Waals surface area contributed by atoms with Crippen LogP contribution in [-0.2, 0) is 0 Å². The van der Waals surface area contributed by atoms with Crippen molar-refractivity contribution >= 4 is 11.6 Å². The summed E-state index contributed by atoms with van der Waals surface area (Å²) in [6, 6.07) is 6.60. The third-order valence-corrected chi connectivity index (χ3v) is 4.02. The van der Waals surface area contributed by atoms with Crippen molar-refractivity contribution < 1.29 is 0 Å². The molecule has 1 saturated carbocycles. The number of hydrogen-bond donors (Lipinski definition) is 0. The van der Waals surface area contributed by atoms with Gasteiger partial charge < -0.3 is 0 Å². The van der Waals surface area contributed by atoms with Gasteiger partial charge in [-0.2, -0.15) is 0 Å². The van der Waals surface area contributed by atoms with Crippen LogP contribution in [0.3, 0.4) is 0 Å². The van der Waals surface area contributed by atoms with E-state index in [2.05, 4.69) is 32.0 Å². The van der Waals surface area contributed by atoms with Gasteiger partial charge in [-0.15, -0.1) is 11.6 Å². The van der Waals surface area contributed by atoms with Gasteiger partial charge in [-0.25, -0.2) is 0 Å². The zero-order valence-corrected chi connectivity index (χ0v) is 9.64. The normalized spacial score (nSPS) is 19.1. The molecule has 1 aliphatic carbocycles. The number of benzene rings is 1. The number of rotatable bonds is 2. The van der Waals surface area contributed by atoms with Crippen molar-refractivity contribution in [3.8, 4) is 0 Å². The molecule has 1 aliphatic rings. The average molecular weight is 209 g/mol. The van der Waals surface area contributed by atoms with Crippen LogP contribution < -0.4 is 0 Å². The van der Waals surface area contributed by atoms with E-state index in [4.69, 9.17) is 11.6 Å². The Morgan fingerprint density at radius 1 is 1.21 bits per heavy atom. The van der Waals surface area contributed by atoms with E-state index in [0.29, 0.717) is 0 Å². The smallest absolute Gasteiger partial charge is 0.0613 e. The lowest BCUT2D eigenvalue weighted by molar-refractivity contribution is 0.305. The number of aryl methyl sites for hydroxylation is 2. The molecule has 1 atom stereocenters. The van der Waals surface area contributed by atoms with E-state index in [0.717, 1.165) is 5.92 Å². The highest BCUT2D eigenvalue weighted by Gasteiger charge is 2.26. The van der Waals surface area contributed by atoms with Crippen LogP contribution in [0.2, 0.25) is 0 Å². The molecular formula is C13H17Cl. The lowest BCUT2D eigenvalue weighted by Crippen LogP contribution is -2.16. The monoisotopic (exact) mass is 208 g/mol. The molecule has 2 rings (SSSR count). The van der Waals surface area contributed by atoms with E-state index in [-0.39, 0.29) is 5.38 Å². The fraction of sp³-hybridized carbons (Fsp3) is 0.538. The molecule has 14 heavy (non-hydrogen) atoms. The summed E-state index contributed by atoms with van der Waals surface area (Å²) in [5.41, 5.74) is 4.01. The van der Waals surface area contributed by atoms with Gasteiger partial charge in [0.1, 0.15) is 0 Å². The second-order valence-corrected chi connectivity index (χ2v) is 4.91. The molecule has 0 radical (unpaired) electrons. The highest BCUT2D eigenvalue weighted by atomic mass is 35.5. The molecule has 1 aromatic carbocycles. The fourth-order valence-electron chi connectivity index (χ4n) is 1.94. The minimum atomic E-state index is 0.239. The topological polar surface area (TPSA) is 0 Å². The first-order valence-electron chi connectivity index (χ1n) is 5.39. The maximum Gasteiger partial charge on any atom is 0.0613 e. The maximum atomic E-state index is 6.43. The van der Waals surface area contributed by atoms with Gasteiger partial charge in [-0.3, -0.25) is 0 Å². The number of halogens is 1. The molecule has 1 heteroatoms. The van der Waals surface area contributed by atoms with Crippen molar-refractivity contribution in [3.63, 3.8) is 0 Å². The van der Waals surface area contributed by atoms with Crippen LogP contribution in [0.5, 0.6) is 0 Å². The average Bonchev–Trinajstić information content (AvgIpc) is 2.06. The quantitative estimate of drug-likeness (QED) is 0.633. The largest absolute Gasteiger partial charge is 0.118 e.